The number of thioether (sulfide) groups is 1. The molecule has 2 aromatic heterocycles. The lowest BCUT2D eigenvalue weighted by Gasteiger charge is -2.09. The first kappa shape index (κ1) is 15.1. The smallest absolute Gasteiger partial charge is 0.190 e. The third kappa shape index (κ3) is 3.48. The van der Waals surface area contributed by atoms with E-state index in [2.05, 4.69) is 27.2 Å². The molecule has 4 nitrogen and oxygen atoms in total. The lowest BCUT2D eigenvalue weighted by Crippen LogP contribution is -2.02. The third-order valence-electron chi connectivity index (χ3n) is 3.08. The van der Waals surface area contributed by atoms with Crippen molar-refractivity contribution in [2.24, 2.45) is 0 Å². The van der Waals surface area contributed by atoms with Gasteiger partial charge in [-0.2, -0.15) is 0 Å². The second kappa shape index (κ2) is 6.94. The molecule has 3 rings (SSSR count). The first-order chi connectivity index (χ1) is 10.8. The zero-order valence-electron chi connectivity index (χ0n) is 12.1. The maximum absolute atomic E-state index is 5.80. The summed E-state index contributed by atoms with van der Waals surface area (Å²) in [6.07, 6.45) is 1.78. The molecule has 0 atom stereocenters. The van der Waals surface area contributed by atoms with Crippen LogP contribution in [0.4, 0.5) is 5.82 Å². The summed E-state index contributed by atoms with van der Waals surface area (Å²) in [5.74, 6) is 1.64. The molecular weight excluding hydrogens is 316 g/mol. The van der Waals surface area contributed by atoms with Gasteiger partial charge in [-0.25, -0.2) is 15.0 Å². The summed E-state index contributed by atoms with van der Waals surface area (Å²) in [6.45, 7) is 2.88. The summed E-state index contributed by atoms with van der Waals surface area (Å²) >= 11 is 7.39. The summed E-state index contributed by atoms with van der Waals surface area (Å²) in [5, 5.41) is 5.60. The minimum Gasteiger partial charge on any atom is -0.370 e. The van der Waals surface area contributed by atoms with Gasteiger partial charge in [0.1, 0.15) is 11.0 Å². The highest BCUT2D eigenvalue weighted by molar-refractivity contribution is 7.98. The molecule has 0 aliphatic heterocycles. The Hall–Kier alpha value is -1.85. The molecule has 0 spiro atoms. The van der Waals surface area contributed by atoms with Crippen molar-refractivity contribution in [3.8, 4) is 0 Å². The Kier molecular flexibility index (Phi) is 4.75. The average Bonchev–Trinajstić information content (AvgIpc) is 2.55. The van der Waals surface area contributed by atoms with Crippen LogP contribution >= 0.6 is 23.4 Å². The van der Waals surface area contributed by atoms with Gasteiger partial charge in [-0.05, 0) is 30.7 Å². The zero-order valence-corrected chi connectivity index (χ0v) is 13.7. The van der Waals surface area contributed by atoms with Crippen molar-refractivity contribution >= 4 is 40.1 Å². The molecule has 0 amide bonds. The van der Waals surface area contributed by atoms with Gasteiger partial charge in [0.05, 0.1) is 5.52 Å². The van der Waals surface area contributed by atoms with Crippen molar-refractivity contribution in [1.82, 2.24) is 15.0 Å². The van der Waals surface area contributed by atoms with Crippen molar-refractivity contribution in [2.45, 2.75) is 17.8 Å². The van der Waals surface area contributed by atoms with Gasteiger partial charge in [0, 0.05) is 23.9 Å². The summed E-state index contributed by atoms with van der Waals surface area (Å²) < 4.78 is 0. The summed E-state index contributed by atoms with van der Waals surface area (Å²) in [7, 11) is 0. The molecular formula is C16H15ClN4S. The van der Waals surface area contributed by atoms with Crippen LogP contribution in [0, 0.1) is 0 Å². The molecule has 0 radical (unpaired) electrons. The Balaban J connectivity index is 1.85. The minimum atomic E-state index is 0.505. The number of para-hydroxylation sites is 1. The van der Waals surface area contributed by atoms with Crippen LogP contribution in [0.1, 0.15) is 12.5 Å². The predicted molar refractivity (Wildman–Crippen MR) is 92.5 cm³/mol. The number of rotatable bonds is 5. The molecule has 1 N–H and O–H groups in total. The van der Waals surface area contributed by atoms with Crippen molar-refractivity contribution in [3.63, 3.8) is 0 Å². The lowest BCUT2D eigenvalue weighted by atomic mass is 10.2. The van der Waals surface area contributed by atoms with Crippen molar-refractivity contribution in [3.05, 3.63) is 53.3 Å². The van der Waals surface area contributed by atoms with Gasteiger partial charge in [0.15, 0.2) is 5.16 Å². The van der Waals surface area contributed by atoms with Crippen LogP contribution in [0.15, 0.2) is 47.8 Å². The fourth-order valence-corrected chi connectivity index (χ4v) is 2.96. The molecule has 0 saturated heterocycles. The van der Waals surface area contributed by atoms with Gasteiger partial charge in [0.2, 0.25) is 0 Å². The van der Waals surface area contributed by atoms with E-state index in [0.29, 0.717) is 5.15 Å². The van der Waals surface area contributed by atoms with Crippen LogP contribution < -0.4 is 5.32 Å². The molecule has 0 aliphatic rings. The molecule has 0 fully saturated rings. The maximum Gasteiger partial charge on any atom is 0.190 e. The minimum absolute atomic E-state index is 0.505. The standard InChI is InChI=1S/C16H15ClN4S/c1-2-18-15-12-5-3-4-6-13(12)20-16(21-15)22-10-11-7-8-14(17)19-9-11/h3-9H,2,10H2,1H3,(H,18,20,21). The Morgan fingerprint density at radius 1 is 1.14 bits per heavy atom. The number of pyridine rings is 1. The fraction of sp³-hybridized carbons (Fsp3) is 0.188. The van der Waals surface area contributed by atoms with Gasteiger partial charge >= 0.3 is 0 Å². The first-order valence-corrected chi connectivity index (χ1v) is 8.36. The molecule has 112 valence electrons. The topological polar surface area (TPSA) is 50.7 Å². The normalized spacial score (nSPS) is 10.8. The van der Waals surface area contributed by atoms with E-state index in [4.69, 9.17) is 11.6 Å². The molecule has 0 bridgehead atoms. The highest BCUT2D eigenvalue weighted by atomic mass is 35.5. The zero-order chi connectivity index (χ0) is 15.4. The summed E-state index contributed by atoms with van der Waals surface area (Å²) in [6, 6.07) is 11.8. The number of nitrogens with zero attached hydrogens (tertiary/aromatic N) is 3. The molecule has 0 unspecified atom stereocenters. The number of aromatic nitrogens is 3. The molecule has 1 aromatic carbocycles. The molecule has 6 heteroatoms. The van der Waals surface area contributed by atoms with Gasteiger partial charge in [-0.15, -0.1) is 0 Å². The van der Waals surface area contributed by atoms with Crippen LogP contribution in [-0.4, -0.2) is 21.5 Å². The largest absolute Gasteiger partial charge is 0.370 e. The van der Waals surface area contributed by atoms with E-state index in [-0.39, 0.29) is 0 Å². The highest BCUT2D eigenvalue weighted by Gasteiger charge is 2.07. The van der Waals surface area contributed by atoms with E-state index in [1.807, 2.05) is 30.3 Å². The number of hydrogen-bond acceptors (Lipinski definition) is 5. The number of fused-ring (bicyclic) bond motifs is 1. The maximum atomic E-state index is 5.80. The van der Waals surface area contributed by atoms with E-state index < -0.39 is 0 Å². The van der Waals surface area contributed by atoms with Crippen molar-refractivity contribution in [1.29, 1.82) is 0 Å². The van der Waals surface area contributed by atoms with Crippen LogP contribution in [0.3, 0.4) is 0 Å². The Morgan fingerprint density at radius 2 is 2.00 bits per heavy atom. The van der Waals surface area contributed by atoms with Crippen LogP contribution in [0.2, 0.25) is 5.15 Å². The van der Waals surface area contributed by atoms with Gasteiger partial charge in [-0.1, -0.05) is 41.6 Å². The average molecular weight is 331 g/mol. The van der Waals surface area contributed by atoms with E-state index in [1.54, 1.807) is 24.0 Å². The van der Waals surface area contributed by atoms with Crippen LogP contribution in [0.25, 0.3) is 10.9 Å². The first-order valence-electron chi connectivity index (χ1n) is 7.00. The predicted octanol–water partition coefficient (Wildman–Crippen LogP) is 4.40. The Bertz CT molecular complexity index is 777. The molecule has 0 saturated carbocycles. The summed E-state index contributed by atoms with van der Waals surface area (Å²) in [4.78, 5) is 13.3. The quantitative estimate of drug-likeness (QED) is 0.427. The van der Waals surface area contributed by atoms with Gasteiger partial charge in [-0.3, -0.25) is 0 Å². The van der Waals surface area contributed by atoms with Crippen molar-refractivity contribution in [2.75, 3.05) is 11.9 Å². The van der Waals surface area contributed by atoms with E-state index in [1.165, 1.54) is 0 Å². The summed E-state index contributed by atoms with van der Waals surface area (Å²) in [5.41, 5.74) is 2.04. The monoisotopic (exact) mass is 330 g/mol. The number of anilines is 1. The van der Waals surface area contributed by atoms with E-state index in [9.17, 15) is 0 Å². The van der Waals surface area contributed by atoms with Crippen molar-refractivity contribution < 1.29 is 0 Å². The van der Waals surface area contributed by atoms with Crippen LogP contribution in [0.5, 0.6) is 0 Å². The second-order valence-corrected chi connectivity index (χ2v) is 6.01. The SMILES string of the molecule is CCNc1nc(SCc2ccc(Cl)nc2)nc2ccccc12. The number of nitrogens with one attached hydrogen (secondary N) is 1. The van der Waals surface area contributed by atoms with Crippen LogP contribution in [-0.2, 0) is 5.75 Å². The Morgan fingerprint density at radius 3 is 2.77 bits per heavy atom. The Labute approximate surface area is 138 Å². The number of hydrogen-bond donors (Lipinski definition) is 1. The number of benzene rings is 1. The van der Waals surface area contributed by atoms with Gasteiger partial charge < -0.3 is 5.32 Å². The fourth-order valence-electron chi connectivity index (χ4n) is 2.06. The molecule has 3 aromatic rings. The third-order valence-corrected chi connectivity index (χ3v) is 4.23. The van der Waals surface area contributed by atoms with E-state index in [0.717, 1.165) is 39.7 Å². The molecule has 2 heterocycles. The molecule has 22 heavy (non-hydrogen) atoms. The lowest BCUT2D eigenvalue weighted by molar-refractivity contribution is 0.991. The second-order valence-electron chi connectivity index (χ2n) is 4.68. The van der Waals surface area contributed by atoms with Gasteiger partial charge in [0.25, 0.3) is 0 Å². The molecule has 0 aliphatic carbocycles. The van der Waals surface area contributed by atoms with E-state index >= 15 is 0 Å². The highest BCUT2D eigenvalue weighted by Crippen LogP contribution is 2.26. The number of halogens is 1.